The maximum Gasteiger partial charge on any atom is 0.253 e. The zero-order chi connectivity index (χ0) is 17.1. The summed E-state index contributed by atoms with van der Waals surface area (Å²) in [5, 5.41) is 7.37. The van der Waals surface area contributed by atoms with Gasteiger partial charge in [-0.15, -0.1) is 0 Å². The first-order valence-electron chi connectivity index (χ1n) is 8.43. The van der Waals surface area contributed by atoms with Crippen LogP contribution in [0.15, 0.2) is 60.8 Å². The summed E-state index contributed by atoms with van der Waals surface area (Å²) in [6.07, 6.45) is 3.20. The number of fused-ring (bicyclic) bond motifs is 1. The van der Waals surface area contributed by atoms with E-state index < -0.39 is 0 Å². The van der Waals surface area contributed by atoms with Crippen molar-refractivity contribution in [1.82, 2.24) is 4.98 Å². The highest BCUT2D eigenvalue weighted by molar-refractivity contribution is 5.95. The third kappa shape index (κ3) is 3.46. The number of carbonyl (C=O) groups is 1. The molecule has 5 nitrogen and oxygen atoms in total. The van der Waals surface area contributed by atoms with Gasteiger partial charge in [0, 0.05) is 29.6 Å². The molecule has 2 heterocycles. The molecule has 1 fully saturated rings. The molecular formula is C20H19N3O2. The van der Waals surface area contributed by atoms with E-state index in [4.69, 9.17) is 4.74 Å². The Labute approximate surface area is 146 Å². The lowest BCUT2D eigenvalue weighted by Gasteiger charge is -2.12. The Bertz CT molecular complexity index is 882. The van der Waals surface area contributed by atoms with E-state index in [1.807, 2.05) is 54.6 Å². The minimum Gasteiger partial charge on any atom is -0.368 e. The molecule has 1 amide bonds. The summed E-state index contributed by atoms with van der Waals surface area (Å²) in [5.74, 6) is -0.0727. The monoisotopic (exact) mass is 333 g/mol. The lowest BCUT2D eigenvalue weighted by atomic mass is 10.2. The van der Waals surface area contributed by atoms with Crippen LogP contribution in [0.2, 0.25) is 0 Å². The molecule has 2 aromatic carbocycles. The molecule has 0 radical (unpaired) electrons. The van der Waals surface area contributed by atoms with Gasteiger partial charge in [0.2, 0.25) is 0 Å². The summed E-state index contributed by atoms with van der Waals surface area (Å²) in [6, 6.07) is 17.7. The first-order valence-corrected chi connectivity index (χ1v) is 8.43. The van der Waals surface area contributed by atoms with Gasteiger partial charge in [-0.05, 0) is 49.2 Å². The topological polar surface area (TPSA) is 63.2 Å². The Morgan fingerprint density at radius 3 is 2.64 bits per heavy atom. The van der Waals surface area contributed by atoms with Crippen molar-refractivity contribution in [3.63, 3.8) is 0 Å². The second kappa shape index (κ2) is 6.91. The van der Waals surface area contributed by atoms with Crippen molar-refractivity contribution >= 4 is 33.9 Å². The third-order valence-electron chi connectivity index (χ3n) is 4.29. The number of benzene rings is 2. The van der Waals surface area contributed by atoms with Gasteiger partial charge in [-0.3, -0.25) is 9.78 Å². The van der Waals surface area contributed by atoms with Gasteiger partial charge < -0.3 is 15.4 Å². The fraction of sp³-hybridized carbons (Fsp3) is 0.200. The molecule has 0 saturated carbocycles. The number of aromatic nitrogens is 1. The smallest absolute Gasteiger partial charge is 0.253 e. The number of hydrogen-bond acceptors (Lipinski definition) is 4. The van der Waals surface area contributed by atoms with Crippen LogP contribution in [0.3, 0.4) is 0 Å². The lowest BCUT2D eigenvalue weighted by Crippen LogP contribution is -2.26. The number of nitrogens with one attached hydrogen (secondary N) is 2. The number of ether oxygens (including phenoxy) is 1. The van der Waals surface area contributed by atoms with Crippen LogP contribution in [0.1, 0.15) is 12.8 Å². The number of nitrogens with zero attached hydrogens (tertiary/aromatic N) is 1. The second-order valence-corrected chi connectivity index (χ2v) is 6.07. The molecule has 126 valence electrons. The first-order chi connectivity index (χ1) is 12.3. The van der Waals surface area contributed by atoms with E-state index in [1.165, 1.54) is 0 Å². The van der Waals surface area contributed by atoms with E-state index >= 15 is 0 Å². The van der Waals surface area contributed by atoms with Gasteiger partial charge in [0.1, 0.15) is 6.10 Å². The molecule has 1 unspecified atom stereocenters. The van der Waals surface area contributed by atoms with Crippen LogP contribution in [0.25, 0.3) is 10.9 Å². The Balaban J connectivity index is 1.47. The molecule has 1 saturated heterocycles. The minimum atomic E-state index is -0.320. The fourth-order valence-corrected chi connectivity index (χ4v) is 3.00. The highest BCUT2D eigenvalue weighted by Crippen LogP contribution is 2.25. The molecule has 1 aliphatic heterocycles. The summed E-state index contributed by atoms with van der Waals surface area (Å²) in [4.78, 5) is 16.5. The Morgan fingerprint density at radius 1 is 1.04 bits per heavy atom. The maximum absolute atomic E-state index is 12.1. The minimum absolute atomic E-state index is 0.0727. The van der Waals surface area contributed by atoms with Gasteiger partial charge in [-0.2, -0.15) is 0 Å². The van der Waals surface area contributed by atoms with Crippen LogP contribution in [-0.4, -0.2) is 23.6 Å². The lowest BCUT2D eigenvalue weighted by molar-refractivity contribution is -0.124. The molecule has 1 atom stereocenters. The Kier molecular flexibility index (Phi) is 4.31. The maximum atomic E-state index is 12.1. The number of pyridine rings is 1. The van der Waals surface area contributed by atoms with Crippen molar-refractivity contribution in [2.45, 2.75) is 18.9 Å². The zero-order valence-electron chi connectivity index (χ0n) is 13.7. The fourth-order valence-electron chi connectivity index (χ4n) is 3.00. The summed E-state index contributed by atoms with van der Waals surface area (Å²) in [5.41, 5.74) is 3.59. The van der Waals surface area contributed by atoms with Crippen LogP contribution in [0.5, 0.6) is 0 Å². The van der Waals surface area contributed by atoms with E-state index in [9.17, 15) is 4.79 Å². The molecule has 1 aromatic heterocycles. The predicted molar refractivity (Wildman–Crippen MR) is 99.1 cm³/mol. The van der Waals surface area contributed by atoms with Crippen molar-refractivity contribution in [3.05, 3.63) is 60.8 Å². The van der Waals surface area contributed by atoms with Gasteiger partial charge in [0.05, 0.1) is 11.2 Å². The van der Waals surface area contributed by atoms with E-state index in [0.717, 1.165) is 40.8 Å². The Hall–Kier alpha value is -2.92. The normalized spacial score (nSPS) is 16.7. The van der Waals surface area contributed by atoms with Crippen LogP contribution >= 0.6 is 0 Å². The Morgan fingerprint density at radius 2 is 1.84 bits per heavy atom. The van der Waals surface area contributed by atoms with E-state index in [0.29, 0.717) is 6.61 Å². The van der Waals surface area contributed by atoms with Crippen molar-refractivity contribution in [1.29, 1.82) is 0 Å². The van der Waals surface area contributed by atoms with Crippen molar-refractivity contribution in [2.75, 3.05) is 17.2 Å². The van der Waals surface area contributed by atoms with E-state index in [2.05, 4.69) is 15.6 Å². The highest BCUT2D eigenvalue weighted by Gasteiger charge is 2.23. The highest BCUT2D eigenvalue weighted by atomic mass is 16.5. The summed E-state index contributed by atoms with van der Waals surface area (Å²) >= 11 is 0. The van der Waals surface area contributed by atoms with E-state index in [1.54, 1.807) is 6.20 Å². The second-order valence-electron chi connectivity index (χ2n) is 6.07. The van der Waals surface area contributed by atoms with Gasteiger partial charge in [-0.25, -0.2) is 0 Å². The van der Waals surface area contributed by atoms with Crippen LogP contribution in [0.4, 0.5) is 17.1 Å². The molecule has 3 aromatic rings. The quantitative estimate of drug-likeness (QED) is 0.755. The molecule has 0 bridgehead atoms. The molecule has 0 aliphatic carbocycles. The molecule has 25 heavy (non-hydrogen) atoms. The number of para-hydroxylation sites is 1. The van der Waals surface area contributed by atoms with Gasteiger partial charge in [0.15, 0.2) is 0 Å². The number of anilines is 3. The largest absolute Gasteiger partial charge is 0.368 e. The number of rotatable bonds is 4. The number of amides is 1. The van der Waals surface area contributed by atoms with Crippen molar-refractivity contribution in [2.24, 2.45) is 0 Å². The van der Waals surface area contributed by atoms with Crippen LogP contribution in [-0.2, 0) is 9.53 Å². The van der Waals surface area contributed by atoms with Gasteiger partial charge in [0.25, 0.3) is 5.91 Å². The molecule has 4 rings (SSSR count). The number of carbonyl (C=O) groups excluding carboxylic acids is 1. The average Bonchev–Trinajstić information content (AvgIpc) is 3.19. The van der Waals surface area contributed by atoms with Crippen molar-refractivity contribution in [3.8, 4) is 0 Å². The number of hydrogen-bond donors (Lipinski definition) is 2. The molecule has 0 spiro atoms. The predicted octanol–water partition coefficient (Wildman–Crippen LogP) is 4.10. The molecule has 1 aliphatic rings. The summed E-state index contributed by atoms with van der Waals surface area (Å²) in [6.45, 7) is 0.667. The van der Waals surface area contributed by atoms with E-state index in [-0.39, 0.29) is 12.0 Å². The van der Waals surface area contributed by atoms with Crippen molar-refractivity contribution < 1.29 is 9.53 Å². The molecular weight excluding hydrogens is 314 g/mol. The SMILES string of the molecule is O=C(Nc1ccc(Nc2cccc3cccnc23)cc1)C1CCCO1. The molecule has 2 N–H and O–H groups in total. The van der Waals surface area contributed by atoms with Gasteiger partial charge in [-0.1, -0.05) is 18.2 Å². The van der Waals surface area contributed by atoms with Crippen LogP contribution in [0, 0.1) is 0 Å². The average molecular weight is 333 g/mol. The zero-order valence-corrected chi connectivity index (χ0v) is 13.7. The molecule has 5 heteroatoms. The first kappa shape index (κ1) is 15.6. The third-order valence-corrected chi connectivity index (χ3v) is 4.29. The summed E-state index contributed by atoms with van der Waals surface area (Å²) in [7, 11) is 0. The van der Waals surface area contributed by atoms with Gasteiger partial charge >= 0.3 is 0 Å². The summed E-state index contributed by atoms with van der Waals surface area (Å²) < 4.78 is 5.40. The van der Waals surface area contributed by atoms with Crippen LogP contribution < -0.4 is 10.6 Å². The standard InChI is InChI=1S/C20H19N3O2/c24-20(18-7-3-13-25-18)23-16-10-8-15(9-11-16)22-17-6-1-4-14-5-2-12-21-19(14)17/h1-2,4-6,8-12,18,22H,3,7,13H2,(H,23,24).